The lowest BCUT2D eigenvalue weighted by Gasteiger charge is -2.06. The lowest BCUT2D eigenvalue weighted by molar-refractivity contribution is -0.286. The van der Waals surface area contributed by atoms with E-state index in [0.717, 1.165) is 0 Å². The molecule has 1 heterocycles. The minimum absolute atomic E-state index is 0.00473. The Morgan fingerprint density at radius 3 is 2.84 bits per heavy atom. The highest BCUT2D eigenvalue weighted by molar-refractivity contribution is 5.69. The molecular weight excluding hydrogens is 260 g/mol. The summed E-state index contributed by atoms with van der Waals surface area (Å²) in [7, 11) is 1.33. The second-order valence-electron chi connectivity index (χ2n) is 3.94. The number of carbonyl (C=O) groups excluding carboxylic acids is 1. The minimum atomic E-state index is -3.61. The molecule has 0 saturated heterocycles. The van der Waals surface area contributed by atoms with Crippen LogP contribution in [0.25, 0.3) is 0 Å². The van der Waals surface area contributed by atoms with Crippen molar-refractivity contribution in [1.82, 2.24) is 0 Å². The fourth-order valence-corrected chi connectivity index (χ4v) is 1.63. The van der Waals surface area contributed by atoms with Crippen LogP contribution in [0, 0.1) is 0 Å². The Hall–Kier alpha value is -2.05. The van der Waals surface area contributed by atoms with Gasteiger partial charge in [0, 0.05) is 24.7 Å². The van der Waals surface area contributed by atoms with E-state index in [1.54, 1.807) is 6.07 Å². The molecule has 0 atom stereocenters. The van der Waals surface area contributed by atoms with E-state index < -0.39 is 6.29 Å². The lowest BCUT2D eigenvalue weighted by atomic mass is 10.2. The number of benzene rings is 1. The molecule has 1 aromatic rings. The number of fused-ring (bicyclic) bond motifs is 1. The van der Waals surface area contributed by atoms with Crippen LogP contribution >= 0.6 is 0 Å². The highest BCUT2D eigenvalue weighted by atomic mass is 19.3. The third-order valence-electron chi connectivity index (χ3n) is 2.52. The smallest absolute Gasteiger partial charge is 0.469 e. The van der Waals surface area contributed by atoms with E-state index in [4.69, 9.17) is 0 Å². The number of ether oxygens (including phenoxy) is 3. The molecule has 0 radical (unpaired) electrons. The quantitative estimate of drug-likeness (QED) is 0.659. The highest BCUT2D eigenvalue weighted by Crippen LogP contribution is 2.42. The van der Waals surface area contributed by atoms with Gasteiger partial charge in [-0.1, -0.05) is 0 Å². The average Bonchev–Trinajstić information content (AvgIpc) is 2.67. The van der Waals surface area contributed by atoms with E-state index >= 15 is 0 Å². The van der Waals surface area contributed by atoms with Gasteiger partial charge >= 0.3 is 12.3 Å². The first-order valence-corrected chi connectivity index (χ1v) is 5.71. The molecule has 0 saturated carbocycles. The van der Waals surface area contributed by atoms with E-state index in [2.05, 4.69) is 19.5 Å². The Balaban J connectivity index is 1.85. The molecule has 0 fully saturated rings. The molecule has 7 heteroatoms. The molecule has 1 aliphatic rings. The zero-order valence-electron chi connectivity index (χ0n) is 10.2. The molecular formula is C12H13F2NO4. The van der Waals surface area contributed by atoms with E-state index in [9.17, 15) is 13.6 Å². The van der Waals surface area contributed by atoms with Gasteiger partial charge < -0.3 is 19.5 Å². The number of rotatable bonds is 5. The van der Waals surface area contributed by atoms with Crippen molar-refractivity contribution < 1.29 is 27.8 Å². The van der Waals surface area contributed by atoms with Crippen molar-refractivity contribution in [3.63, 3.8) is 0 Å². The Morgan fingerprint density at radius 2 is 2.11 bits per heavy atom. The van der Waals surface area contributed by atoms with Gasteiger partial charge in [-0.3, -0.25) is 4.79 Å². The Morgan fingerprint density at radius 1 is 1.37 bits per heavy atom. The number of esters is 1. The summed E-state index contributed by atoms with van der Waals surface area (Å²) in [6.07, 6.45) is -2.73. The number of hydrogen-bond acceptors (Lipinski definition) is 5. The molecule has 19 heavy (non-hydrogen) atoms. The summed E-state index contributed by atoms with van der Waals surface area (Å²) >= 11 is 0. The molecule has 0 bridgehead atoms. The van der Waals surface area contributed by atoms with Gasteiger partial charge in [0.2, 0.25) is 0 Å². The van der Waals surface area contributed by atoms with E-state index in [1.165, 1.54) is 19.2 Å². The number of halogens is 2. The molecule has 0 aromatic heterocycles. The first kappa shape index (κ1) is 13.4. The number of alkyl halides is 2. The van der Waals surface area contributed by atoms with Gasteiger partial charge in [-0.2, -0.15) is 0 Å². The van der Waals surface area contributed by atoms with Crippen LogP contribution in [0.2, 0.25) is 0 Å². The van der Waals surface area contributed by atoms with Crippen molar-refractivity contribution in [2.45, 2.75) is 19.1 Å². The molecule has 1 N–H and O–H groups in total. The topological polar surface area (TPSA) is 56.8 Å². The van der Waals surface area contributed by atoms with Crippen LogP contribution in [0.3, 0.4) is 0 Å². The second kappa shape index (κ2) is 5.29. The minimum Gasteiger partial charge on any atom is -0.469 e. The fourth-order valence-electron chi connectivity index (χ4n) is 1.63. The molecule has 1 aromatic carbocycles. The summed E-state index contributed by atoms with van der Waals surface area (Å²) in [5.74, 6) is -0.291. The van der Waals surface area contributed by atoms with Gasteiger partial charge in [0.15, 0.2) is 11.5 Å². The zero-order chi connectivity index (χ0) is 13.9. The van der Waals surface area contributed by atoms with Crippen LogP contribution in [-0.4, -0.2) is 25.9 Å². The normalized spacial score (nSPS) is 15.1. The molecule has 2 rings (SSSR count). The summed E-state index contributed by atoms with van der Waals surface area (Å²) in [5, 5.41) is 2.99. The largest absolute Gasteiger partial charge is 0.586 e. The van der Waals surface area contributed by atoms with Crippen LogP contribution in [0.1, 0.15) is 12.8 Å². The third-order valence-corrected chi connectivity index (χ3v) is 2.52. The van der Waals surface area contributed by atoms with Crippen molar-refractivity contribution >= 4 is 11.7 Å². The molecule has 5 nitrogen and oxygen atoms in total. The van der Waals surface area contributed by atoms with Crippen LogP contribution in [0.4, 0.5) is 14.5 Å². The van der Waals surface area contributed by atoms with E-state index in [1.807, 2.05) is 0 Å². The summed E-state index contributed by atoms with van der Waals surface area (Å²) < 4.78 is 38.7. The first-order valence-electron chi connectivity index (χ1n) is 5.71. The number of nitrogens with one attached hydrogen (secondary N) is 1. The molecule has 1 aliphatic heterocycles. The maximum atomic E-state index is 12.8. The van der Waals surface area contributed by atoms with Crippen molar-refractivity contribution in [1.29, 1.82) is 0 Å². The number of methoxy groups -OCH3 is 1. The monoisotopic (exact) mass is 273 g/mol. The Kier molecular flexibility index (Phi) is 3.73. The second-order valence-corrected chi connectivity index (χ2v) is 3.94. The van der Waals surface area contributed by atoms with Gasteiger partial charge in [0.1, 0.15) is 0 Å². The number of carbonyl (C=O) groups is 1. The summed E-state index contributed by atoms with van der Waals surface area (Å²) in [6, 6.07) is 4.43. The van der Waals surface area contributed by atoms with E-state index in [-0.39, 0.29) is 17.5 Å². The summed E-state index contributed by atoms with van der Waals surface area (Å²) in [6.45, 7) is 0.519. The van der Waals surface area contributed by atoms with Crippen molar-refractivity contribution in [2.24, 2.45) is 0 Å². The molecule has 0 amide bonds. The molecule has 0 unspecified atom stereocenters. The summed E-state index contributed by atoms with van der Waals surface area (Å²) in [5.41, 5.74) is 0.616. The SMILES string of the molecule is COC(=O)CCCNc1ccc2c(c1)OC(F)(F)O2. The van der Waals surface area contributed by atoms with E-state index in [0.29, 0.717) is 25.1 Å². The lowest BCUT2D eigenvalue weighted by Crippen LogP contribution is -2.25. The third kappa shape index (κ3) is 3.46. The van der Waals surface area contributed by atoms with Crippen molar-refractivity contribution in [3.05, 3.63) is 18.2 Å². The average molecular weight is 273 g/mol. The highest BCUT2D eigenvalue weighted by Gasteiger charge is 2.43. The molecule has 0 aliphatic carbocycles. The summed E-state index contributed by atoms with van der Waals surface area (Å²) in [4.78, 5) is 10.9. The maximum absolute atomic E-state index is 12.8. The zero-order valence-corrected chi connectivity index (χ0v) is 10.2. The molecule has 0 spiro atoms. The number of anilines is 1. The van der Waals surface area contributed by atoms with Gasteiger partial charge in [0.25, 0.3) is 0 Å². The first-order chi connectivity index (χ1) is 9.00. The fraction of sp³-hybridized carbons (Fsp3) is 0.417. The van der Waals surface area contributed by atoms with Gasteiger partial charge in [-0.15, -0.1) is 8.78 Å². The van der Waals surface area contributed by atoms with Gasteiger partial charge in [-0.05, 0) is 18.6 Å². The van der Waals surface area contributed by atoms with Gasteiger partial charge in [-0.25, -0.2) is 0 Å². The predicted octanol–water partition coefficient (Wildman–Crippen LogP) is 2.37. The Bertz CT molecular complexity index is 479. The maximum Gasteiger partial charge on any atom is 0.586 e. The Labute approximate surface area is 108 Å². The van der Waals surface area contributed by atoms with Crippen LogP contribution in [0.5, 0.6) is 11.5 Å². The van der Waals surface area contributed by atoms with Crippen molar-refractivity contribution in [2.75, 3.05) is 19.0 Å². The van der Waals surface area contributed by atoms with Crippen molar-refractivity contribution in [3.8, 4) is 11.5 Å². The van der Waals surface area contributed by atoms with Gasteiger partial charge in [0.05, 0.1) is 7.11 Å². The standard InChI is InChI=1S/C12H13F2NO4/c1-17-11(16)3-2-6-15-8-4-5-9-10(7-8)19-12(13,14)18-9/h4-5,7,15H,2-3,6H2,1H3. The predicted molar refractivity (Wildman–Crippen MR) is 62.4 cm³/mol. The molecule has 104 valence electrons. The van der Waals surface area contributed by atoms with Crippen LogP contribution in [-0.2, 0) is 9.53 Å². The van der Waals surface area contributed by atoms with Crippen LogP contribution in [0.15, 0.2) is 18.2 Å². The van der Waals surface area contributed by atoms with Crippen LogP contribution < -0.4 is 14.8 Å². The number of hydrogen-bond donors (Lipinski definition) is 1.